The van der Waals surface area contributed by atoms with Crippen LogP contribution in [0, 0.1) is 5.82 Å². The lowest BCUT2D eigenvalue weighted by molar-refractivity contribution is -0.139. The van der Waals surface area contributed by atoms with Crippen molar-refractivity contribution in [2.75, 3.05) is 5.75 Å². The molecule has 38 heavy (non-hydrogen) atoms. The molecule has 0 saturated heterocycles. The van der Waals surface area contributed by atoms with Crippen LogP contribution in [-0.4, -0.2) is 34.6 Å². The van der Waals surface area contributed by atoms with Gasteiger partial charge in [-0.15, -0.1) is 11.8 Å². The zero-order valence-corrected chi connectivity index (χ0v) is 24.2. The van der Waals surface area contributed by atoms with Gasteiger partial charge in [-0.3, -0.25) is 9.59 Å². The van der Waals surface area contributed by atoms with Crippen LogP contribution in [0.3, 0.4) is 0 Å². The predicted octanol–water partition coefficient (Wildman–Crippen LogP) is 7.17. The zero-order valence-electron chi connectivity index (χ0n) is 21.0. The molecule has 2 amide bonds. The maximum atomic E-state index is 14.3. The second-order valence-corrected chi connectivity index (χ2v) is 11.8. The maximum absolute atomic E-state index is 14.3. The molecule has 0 unspecified atom stereocenters. The van der Waals surface area contributed by atoms with Crippen molar-refractivity contribution in [3.05, 3.63) is 105 Å². The van der Waals surface area contributed by atoms with Gasteiger partial charge in [-0.2, -0.15) is 0 Å². The van der Waals surface area contributed by atoms with Gasteiger partial charge in [-0.25, -0.2) is 4.39 Å². The third-order valence-electron chi connectivity index (χ3n) is 6.77. The van der Waals surface area contributed by atoms with E-state index in [0.717, 1.165) is 41.3 Å². The molecule has 3 aromatic rings. The summed E-state index contributed by atoms with van der Waals surface area (Å²) >= 11 is 10.9. The van der Waals surface area contributed by atoms with Crippen molar-refractivity contribution in [3.63, 3.8) is 0 Å². The third kappa shape index (κ3) is 8.08. The van der Waals surface area contributed by atoms with Crippen molar-refractivity contribution in [1.29, 1.82) is 0 Å². The molecule has 1 aliphatic rings. The van der Waals surface area contributed by atoms with E-state index >= 15 is 0 Å². The van der Waals surface area contributed by atoms with E-state index in [9.17, 15) is 14.0 Å². The first-order valence-corrected chi connectivity index (χ1v) is 15.1. The number of benzene rings is 3. The standard InChI is InChI=1S/C30H31BrClFN2O2S/c31-23-15-13-22(14-16-23)18-35(29(36)20-38-19-25-26(32)11-6-12-27(25)33)28(17-21-7-2-1-3-8-21)30(37)34-24-9-4-5-10-24/h1-3,6-8,11-16,24,28H,4-5,9-10,17-20H2,(H,34,37)/t28-/m0/s1. The fraction of sp³-hybridized carbons (Fsp3) is 0.333. The number of carbonyl (C=O) groups excluding carboxylic acids is 2. The number of carbonyl (C=O) groups is 2. The van der Waals surface area contributed by atoms with E-state index in [1.54, 1.807) is 17.0 Å². The quantitative estimate of drug-likeness (QED) is 0.248. The van der Waals surface area contributed by atoms with E-state index in [1.807, 2.05) is 54.6 Å². The van der Waals surface area contributed by atoms with Crippen LogP contribution in [0.15, 0.2) is 77.3 Å². The van der Waals surface area contributed by atoms with Crippen LogP contribution in [0.2, 0.25) is 5.02 Å². The largest absolute Gasteiger partial charge is 0.352 e. The molecule has 1 atom stereocenters. The van der Waals surface area contributed by atoms with Crippen molar-refractivity contribution < 1.29 is 14.0 Å². The lowest BCUT2D eigenvalue weighted by Gasteiger charge is -2.32. The van der Waals surface area contributed by atoms with Crippen LogP contribution >= 0.6 is 39.3 Å². The minimum absolute atomic E-state index is 0.100. The molecule has 0 radical (unpaired) electrons. The summed E-state index contributed by atoms with van der Waals surface area (Å²) in [4.78, 5) is 29.1. The van der Waals surface area contributed by atoms with E-state index in [0.29, 0.717) is 23.6 Å². The molecule has 4 nitrogen and oxygen atoms in total. The van der Waals surface area contributed by atoms with Gasteiger partial charge in [0.15, 0.2) is 0 Å². The summed E-state index contributed by atoms with van der Waals surface area (Å²) in [6.07, 6.45) is 4.54. The molecule has 1 N–H and O–H groups in total. The average Bonchev–Trinajstić information content (AvgIpc) is 3.42. The smallest absolute Gasteiger partial charge is 0.243 e. The first-order chi connectivity index (χ1) is 18.4. The van der Waals surface area contributed by atoms with E-state index < -0.39 is 6.04 Å². The van der Waals surface area contributed by atoms with Crippen molar-refractivity contribution in [2.24, 2.45) is 0 Å². The molecule has 8 heteroatoms. The molecular formula is C30H31BrClFN2O2S. The van der Waals surface area contributed by atoms with Gasteiger partial charge in [0, 0.05) is 39.8 Å². The van der Waals surface area contributed by atoms with Gasteiger partial charge < -0.3 is 10.2 Å². The summed E-state index contributed by atoms with van der Waals surface area (Å²) in [5.74, 6) is -0.326. The molecule has 200 valence electrons. The fourth-order valence-corrected chi connectivity index (χ4v) is 6.21. The first-order valence-electron chi connectivity index (χ1n) is 12.8. The zero-order chi connectivity index (χ0) is 26.9. The molecule has 3 aromatic carbocycles. The van der Waals surface area contributed by atoms with Crippen LogP contribution in [0.4, 0.5) is 4.39 Å². The van der Waals surface area contributed by atoms with Crippen LogP contribution in [-0.2, 0) is 28.3 Å². The Morgan fingerprint density at radius 1 is 1.00 bits per heavy atom. The number of halogens is 3. The summed E-state index contributed by atoms with van der Waals surface area (Å²) in [6, 6.07) is 21.6. The van der Waals surface area contributed by atoms with Gasteiger partial charge in [-0.05, 0) is 48.2 Å². The Kier molecular flexibility index (Phi) is 10.7. The van der Waals surface area contributed by atoms with Gasteiger partial charge in [0.25, 0.3) is 0 Å². The van der Waals surface area contributed by atoms with Crippen LogP contribution in [0.1, 0.15) is 42.4 Å². The normalized spacial score (nSPS) is 14.3. The molecule has 0 spiro atoms. The SMILES string of the molecule is O=C(NC1CCCC1)[C@H](Cc1ccccc1)N(Cc1ccc(Br)cc1)C(=O)CSCc1c(F)cccc1Cl. The Balaban J connectivity index is 1.57. The van der Waals surface area contributed by atoms with Crippen molar-refractivity contribution in [3.8, 4) is 0 Å². The minimum Gasteiger partial charge on any atom is -0.352 e. The van der Waals surface area contributed by atoms with Crippen LogP contribution in [0.25, 0.3) is 0 Å². The summed E-state index contributed by atoms with van der Waals surface area (Å²) in [5, 5.41) is 3.55. The topological polar surface area (TPSA) is 49.4 Å². The Bertz CT molecular complexity index is 1200. The van der Waals surface area contributed by atoms with Gasteiger partial charge in [0.1, 0.15) is 11.9 Å². The van der Waals surface area contributed by atoms with Gasteiger partial charge in [-0.1, -0.05) is 88.9 Å². The van der Waals surface area contributed by atoms with E-state index in [1.165, 1.54) is 17.8 Å². The number of thioether (sulfide) groups is 1. The molecule has 1 fully saturated rings. The van der Waals surface area contributed by atoms with Crippen molar-refractivity contribution in [1.82, 2.24) is 10.2 Å². The molecule has 4 rings (SSSR count). The summed E-state index contributed by atoms with van der Waals surface area (Å²) in [6.45, 7) is 0.294. The average molecular weight is 618 g/mol. The number of rotatable bonds is 11. The van der Waals surface area contributed by atoms with E-state index in [4.69, 9.17) is 11.6 Å². The Morgan fingerprint density at radius 3 is 2.39 bits per heavy atom. The highest BCUT2D eigenvalue weighted by Gasteiger charge is 2.32. The Hall–Kier alpha value is -2.35. The Morgan fingerprint density at radius 2 is 1.71 bits per heavy atom. The monoisotopic (exact) mass is 616 g/mol. The molecule has 1 saturated carbocycles. The summed E-state index contributed by atoms with van der Waals surface area (Å²) in [5.41, 5.74) is 2.29. The second kappa shape index (κ2) is 14.2. The van der Waals surface area contributed by atoms with Crippen molar-refractivity contribution >= 4 is 51.1 Å². The number of amides is 2. The van der Waals surface area contributed by atoms with E-state index in [2.05, 4.69) is 21.2 Å². The molecular weight excluding hydrogens is 587 g/mol. The highest BCUT2D eigenvalue weighted by molar-refractivity contribution is 9.10. The fourth-order valence-electron chi connectivity index (χ4n) is 4.70. The van der Waals surface area contributed by atoms with Gasteiger partial charge in [0.2, 0.25) is 11.8 Å². The number of hydrogen-bond acceptors (Lipinski definition) is 3. The molecule has 0 aromatic heterocycles. The Labute approximate surface area is 241 Å². The minimum atomic E-state index is -0.674. The molecule has 0 bridgehead atoms. The van der Waals surface area contributed by atoms with Crippen LogP contribution in [0.5, 0.6) is 0 Å². The summed E-state index contributed by atoms with van der Waals surface area (Å²) < 4.78 is 15.2. The number of nitrogens with one attached hydrogen (secondary N) is 1. The molecule has 0 heterocycles. The lowest BCUT2D eigenvalue weighted by atomic mass is 10.0. The number of hydrogen-bond donors (Lipinski definition) is 1. The van der Waals surface area contributed by atoms with Gasteiger partial charge in [0.05, 0.1) is 5.75 Å². The molecule has 0 aliphatic heterocycles. The number of nitrogens with zero attached hydrogens (tertiary/aromatic N) is 1. The van der Waals surface area contributed by atoms with E-state index in [-0.39, 0.29) is 35.2 Å². The highest BCUT2D eigenvalue weighted by atomic mass is 79.9. The van der Waals surface area contributed by atoms with Crippen LogP contribution < -0.4 is 5.32 Å². The predicted molar refractivity (Wildman–Crippen MR) is 157 cm³/mol. The lowest BCUT2D eigenvalue weighted by Crippen LogP contribution is -2.52. The van der Waals surface area contributed by atoms with Gasteiger partial charge >= 0.3 is 0 Å². The van der Waals surface area contributed by atoms with Crippen molar-refractivity contribution in [2.45, 2.75) is 56.5 Å². The first kappa shape index (κ1) is 28.7. The third-order valence-corrected chi connectivity index (χ3v) is 8.60. The second-order valence-electron chi connectivity index (χ2n) is 9.54. The maximum Gasteiger partial charge on any atom is 0.243 e. The molecule has 1 aliphatic carbocycles. The summed E-state index contributed by atoms with van der Waals surface area (Å²) in [7, 11) is 0. The highest BCUT2D eigenvalue weighted by Crippen LogP contribution is 2.25.